The summed E-state index contributed by atoms with van der Waals surface area (Å²) in [6.45, 7) is 5.48. The Kier molecular flexibility index (Phi) is 4.32. The average Bonchev–Trinajstić information content (AvgIpc) is 2.70. The van der Waals surface area contributed by atoms with Gasteiger partial charge in [0.25, 0.3) is 5.56 Å². The van der Waals surface area contributed by atoms with Gasteiger partial charge in [-0.15, -0.1) is 0 Å². The molecule has 5 heterocycles. The van der Waals surface area contributed by atoms with Crippen molar-refractivity contribution in [3.8, 4) is 11.1 Å². The molecule has 3 aliphatic heterocycles. The lowest BCUT2D eigenvalue weighted by Gasteiger charge is -2.47. The van der Waals surface area contributed by atoms with Crippen molar-refractivity contribution in [2.24, 2.45) is 5.92 Å². The lowest BCUT2D eigenvalue weighted by molar-refractivity contribution is 0.0517. The van der Waals surface area contributed by atoms with Crippen molar-refractivity contribution in [3.05, 3.63) is 46.9 Å². The molecule has 2 saturated heterocycles. The van der Waals surface area contributed by atoms with Crippen LogP contribution in [-0.4, -0.2) is 63.6 Å². The van der Waals surface area contributed by atoms with E-state index in [1.807, 2.05) is 10.6 Å². The average molecular weight is 365 g/mol. The molecule has 2 aromatic heterocycles. The molecule has 0 saturated carbocycles. The zero-order valence-electron chi connectivity index (χ0n) is 15.9. The van der Waals surface area contributed by atoms with Gasteiger partial charge in [0, 0.05) is 55.2 Å². The zero-order chi connectivity index (χ0) is 18.4. The van der Waals surface area contributed by atoms with Crippen LogP contribution < -0.4 is 5.56 Å². The Morgan fingerprint density at radius 3 is 2.59 bits per heavy atom. The highest BCUT2D eigenvalue weighted by Gasteiger charge is 2.37. The van der Waals surface area contributed by atoms with Crippen LogP contribution >= 0.6 is 0 Å². The molecule has 142 valence electrons. The van der Waals surface area contributed by atoms with Crippen LogP contribution in [0, 0.1) is 5.92 Å². The molecular weight excluding hydrogens is 338 g/mol. The monoisotopic (exact) mass is 365 g/mol. The standard InChI is InChI=1S/C21H27N5O/c1-24-6-4-18(5-7-24)25-11-15-8-16(13-25)20-3-2-19(21(27)26(20)12-15)17-9-22-14-23-10-17/h2-3,9-10,14-16,18H,4-8,11-13H2,1H3/t15-,16+/m0/s1. The first-order valence-corrected chi connectivity index (χ1v) is 10.1. The maximum Gasteiger partial charge on any atom is 0.258 e. The van der Waals surface area contributed by atoms with E-state index in [2.05, 4.69) is 32.9 Å². The van der Waals surface area contributed by atoms with Crippen LogP contribution in [0.2, 0.25) is 0 Å². The minimum absolute atomic E-state index is 0.116. The molecule has 6 nitrogen and oxygen atoms in total. The second-order valence-corrected chi connectivity index (χ2v) is 8.50. The first kappa shape index (κ1) is 17.1. The fourth-order valence-electron chi connectivity index (χ4n) is 5.30. The fourth-order valence-corrected chi connectivity index (χ4v) is 5.30. The molecule has 2 aromatic rings. The molecule has 2 atom stereocenters. The third-order valence-electron chi connectivity index (χ3n) is 6.71. The van der Waals surface area contributed by atoms with E-state index < -0.39 is 0 Å². The van der Waals surface area contributed by atoms with Crippen LogP contribution in [0.25, 0.3) is 11.1 Å². The van der Waals surface area contributed by atoms with E-state index in [1.54, 1.807) is 12.4 Å². The van der Waals surface area contributed by atoms with Crippen molar-refractivity contribution < 1.29 is 0 Å². The van der Waals surface area contributed by atoms with Crippen molar-refractivity contribution in [1.82, 2.24) is 24.3 Å². The van der Waals surface area contributed by atoms with Crippen molar-refractivity contribution >= 4 is 0 Å². The number of pyridine rings is 1. The molecule has 0 aliphatic carbocycles. The highest BCUT2D eigenvalue weighted by molar-refractivity contribution is 5.60. The second kappa shape index (κ2) is 6.84. The Morgan fingerprint density at radius 2 is 1.81 bits per heavy atom. The van der Waals surface area contributed by atoms with Gasteiger partial charge in [-0.3, -0.25) is 9.69 Å². The molecule has 5 rings (SSSR count). The molecule has 0 aromatic carbocycles. The van der Waals surface area contributed by atoms with Crippen molar-refractivity contribution in [2.75, 3.05) is 33.2 Å². The van der Waals surface area contributed by atoms with Gasteiger partial charge in [0.1, 0.15) is 6.33 Å². The molecule has 0 unspecified atom stereocenters. The van der Waals surface area contributed by atoms with Gasteiger partial charge in [0.05, 0.1) is 5.56 Å². The highest BCUT2D eigenvalue weighted by Crippen LogP contribution is 2.37. The minimum Gasteiger partial charge on any atom is -0.311 e. The molecular formula is C21H27N5O. The summed E-state index contributed by atoms with van der Waals surface area (Å²) in [6, 6.07) is 4.86. The lowest BCUT2D eigenvalue weighted by Crippen LogP contribution is -2.53. The van der Waals surface area contributed by atoms with Gasteiger partial charge in [-0.1, -0.05) is 0 Å². The molecule has 3 aliphatic rings. The second-order valence-electron chi connectivity index (χ2n) is 8.50. The number of hydrogen-bond donors (Lipinski definition) is 0. The number of aromatic nitrogens is 3. The Hall–Kier alpha value is -2.05. The number of likely N-dealkylation sites (tertiary alicyclic amines) is 2. The Labute approximate surface area is 159 Å². The summed E-state index contributed by atoms with van der Waals surface area (Å²) in [4.78, 5) is 26.4. The molecule has 2 bridgehead atoms. The van der Waals surface area contributed by atoms with Gasteiger partial charge in [0.2, 0.25) is 0 Å². The summed E-state index contributed by atoms with van der Waals surface area (Å²) in [6.07, 6.45) is 8.72. The normalized spacial score (nSPS) is 26.7. The van der Waals surface area contributed by atoms with Crippen LogP contribution in [0.4, 0.5) is 0 Å². The molecule has 0 amide bonds. The van der Waals surface area contributed by atoms with Crippen LogP contribution in [0.5, 0.6) is 0 Å². The molecule has 6 heteroatoms. The third-order valence-corrected chi connectivity index (χ3v) is 6.71. The SMILES string of the molecule is CN1CCC(N2C[C@@H]3C[C@H](C2)c2ccc(-c4cncnc4)c(=O)n2C3)CC1. The summed E-state index contributed by atoms with van der Waals surface area (Å²) in [5.74, 6) is 1.06. The first-order chi connectivity index (χ1) is 13.2. The van der Waals surface area contributed by atoms with E-state index in [0.29, 0.717) is 23.4 Å². The Bertz CT molecular complexity index is 872. The third kappa shape index (κ3) is 3.11. The van der Waals surface area contributed by atoms with Crippen molar-refractivity contribution in [1.29, 1.82) is 0 Å². The maximum atomic E-state index is 13.2. The molecule has 2 fully saturated rings. The molecule has 0 radical (unpaired) electrons. The maximum absolute atomic E-state index is 13.2. The van der Waals surface area contributed by atoms with Crippen molar-refractivity contribution in [2.45, 2.75) is 37.8 Å². The van der Waals surface area contributed by atoms with E-state index >= 15 is 0 Å². The molecule has 0 N–H and O–H groups in total. The van der Waals surface area contributed by atoms with E-state index in [4.69, 9.17) is 0 Å². The molecule has 0 spiro atoms. The summed E-state index contributed by atoms with van der Waals surface area (Å²) >= 11 is 0. The topological polar surface area (TPSA) is 54.3 Å². The highest BCUT2D eigenvalue weighted by atomic mass is 16.1. The van der Waals surface area contributed by atoms with Gasteiger partial charge in [-0.25, -0.2) is 9.97 Å². The summed E-state index contributed by atoms with van der Waals surface area (Å²) in [5, 5.41) is 0. The minimum atomic E-state index is 0.116. The van der Waals surface area contributed by atoms with Gasteiger partial charge in [0.15, 0.2) is 0 Å². The van der Waals surface area contributed by atoms with E-state index in [0.717, 1.165) is 25.2 Å². The van der Waals surface area contributed by atoms with E-state index in [-0.39, 0.29) is 5.56 Å². The first-order valence-electron chi connectivity index (χ1n) is 10.1. The Balaban J connectivity index is 1.43. The van der Waals surface area contributed by atoms with Gasteiger partial charge < -0.3 is 9.47 Å². The van der Waals surface area contributed by atoms with Crippen molar-refractivity contribution in [3.63, 3.8) is 0 Å². The predicted molar refractivity (Wildman–Crippen MR) is 105 cm³/mol. The van der Waals surface area contributed by atoms with E-state index in [1.165, 1.54) is 44.4 Å². The van der Waals surface area contributed by atoms with Crippen LogP contribution in [-0.2, 0) is 6.54 Å². The summed E-state index contributed by atoms with van der Waals surface area (Å²) < 4.78 is 2.03. The number of hydrogen-bond acceptors (Lipinski definition) is 5. The number of nitrogens with zero attached hydrogens (tertiary/aromatic N) is 5. The number of fused-ring (bicyclic) bond motifs is 4. The van der Waals surface area contributed by atoms with Gasteiger partial charge >= 0.3 is 0 Å². The Morgan fingerprint density at radius 1 is 1.04 bits per heavy atom. The van der Waals surface area contributed by atoms with Crippen LogP contribution in [0.1, 0.15) is 30.9 Å². The van der Waals surface area contributed by atoms with E-state index in [9.17, 15) is 4.79 Å². The summed E-state index contributed by atoms with van der Waals surface area (Å²) in [5.41, 5.74) is 2.85. The number of rotatable bonds is 2. The quantitative estimate of drug-likeness (QED) is 0.813. The zero-order valence-corrected chi connectivity index (χ0v) is 15.9. The summed E-state index contributed by atoms with van der Waals surface area (Å²) in [7, 11) is 2.22. The fraction of sp³-hybridized carbons (Fsp3) is 0.571. The lowest BCUT2D eigenvalue weighted by atomic mass is 9.81. The van der Waals surface area contributed by atoms with Crippen LogP contribution in [0.3, 0.4) is 0 Å². The van der Waals surface area contributed by atoms with Gasteiger partial charge in [-0.2, -0.15) is 0 Å². The largest absolute Gasteiger partial charge is 0.311 e. The number of piperidine rings is 2. The predicted octanol–water partition coefficient (Wildman–Crippen LogP) is 1.82. The van der Waals surface area contributed by atoms with Gasteiger partial charge in [-0.05, 0) is 57.5 Å². The van der Waals surface area contributed by atoms with Crippen LogP contribution in [0.15, 0.2) is 35.6 Å². The molecule has 27 heavy (non-hydrogen) atoms. The smallest absolute Gasteiger partial charge is 0.258 e.